The molecule has 1 unspecified atom stereocenters. The normalized spacial score (nSPS) is 13.2. The van der Waals surface area contributed by atoms with Crippen LogP contribution in [0.1, 0.15) is 25.8 Å². The number of thiazole rings is 1. The first-order valence-electron chi connectivity index (χ1n) is 5.95. The van der Waals surface area contributed by atoms with Crippen molar-refractivity contribution in [3.63, 3.8) is 0 Å². The van der Waals surface area contributed by atoms with E-state index in [9.17, 15) is 4.79 Å². The zero-order valence-electron chi connectivity index (χ0n) is 10.4. The summed E-state index contributed by atoms with van der Waals surface area (Å²) < 4.78 is 1.16. The van der Waals surface area contributed by atoms with Crippen LogP contribution < -0.4 is 0 Å². The third kappa shape index (κ3) is 2.72. The van der Waals surface area contributed by atoms with Crippen molar-refractivity contribution in [2.75, 3.05) is 0 Å². The van der Waals surface area contributed by atoms with E-state index in [1.165, 1.54) is 0 Å². The SMILES string of the molecule is CC(C)C(C)C(=O)Cc1nc2ccccc2s1. The molecule has 0 fully saturated rings. The van der Waals surface area contributed by atoms with Crippen molar-refractivity contribution in [2.45, 2.75) is 27.2 Å². The summed E-state index contributed by atoms with van der Waals surface area (Å²) in [4.78, 5) is 16.5. The van der Waals surface area contributed by atoms with Gasteiger partial charge in [-0.15, -0.1) is 11.3 Å². The van der Waals surface area contributed by atoms with Crippen molar-refractivity contribution < 1.29 is 4.79 Å². The van der Waals surface area contributed by atoms with E-state index in [2.05, 4.69) is 18.8 Å². The topological polar surface area (TPSA) is 30.0 Å². The van der Waals surface area contributed by atoms with Crippen LogP contribution in [0.25, 0.3) is 10.2 Å². The van der Waals surface area contributed by atoms with Crippen molar-refractivity contribution in [3.8, 4) is 0 Å². The van der Waals surface area contributed by atoms with Crippen LogP contribution in [0.5, 0.6) is 0 Å². The van der Waals surface area contributed by atoms with E-state index in [0.717, 1.165) is 15.2 Å². The van der Waals surface area contributed by atoms with Gasteiger partial charge in [0.1, 0.15) is 10.8 Å². The highest BCUT2D eigenvalue weighted by Crippen LogP contribution is 2.23. The first-order chi connectivity index (χ1) is 8.08. The summed E-state index contributed by atoms with van der Waals surface area (Å²) in [7, 11) is 0. The van der Waals surface area contributed by atoms with E-state index in [0.29, 0.717) is 18.1 Å². The Morgan fingerprint density at radius 3 is 2.65 bits per heavy atom. The minimum atomic E-state index is 0.113. The highest BCUT2D eigenvalue weighted by molar-refractivity contribution is 7.18. The lowest BCUT2D eigenvalue weighted by Gasteiger charge is -2.12. The first-order valence-corrected chi connectivity index (χ1v) is 6.76. The molecule has 0 amide bonds. The van der Waals surface area contributed by atoms with Gasteiger partial charge >= 0.3 is 0 Å². The quantitative estimate of drug-likeness (QED) is 0.824. The van der Waals surface area contributed by atoms with Crippen molar-refractivity contribution in [1.29, 1.82) is 0 Å². The molecule has 1 aromatic heterocycles. The lowest BCUT2D eigenvalue weighted by Crippen LogP contribution is -2.18. The zero-order valence-corrected chi connectivity index (χ0v) is 11.3. The second-order valence-electron chi connectivity index (χ2n) is 4.75. The van der Waals surface area contributed by atoms with Crippen molar-refractivity contribution >= 4 is 27.3 Å². The van der Waals surface area contributed by atoms with E-state index < -0.39 is 0 Å². The Kier molecular flexibility index (Phi) is 3.57. The number of ketones is 1. The maximum atomic E-state index is 12.0. The second kappa shape index (κ2) is 4.96. The molecule has 0 aliphatic carbocycles. The number of nitrogens with zero attached hydrogens (tertiary/aromatic N) is 1. The molecule has 90 valence electrons. The Balaban J connectivity index is 2.16. The zero-order chi connectivity index (χ0) is 12.4. The van der Waals surface area contributed by atoms with Gasteiger partial charge in [0.05, 0.1) is 16.6 Å². The Bertz CT molecular complexity index is 497. The molecule has 1 aromatic carbocycles. The number of hydrogen-bond acceptors (Lipinski definition) is 3. The lowest BCUT2D eigenvalue weighted by molar-refractivity contribution is -0.122. The average Bonchev–Trinajstić information content (AvgIpc) is 2.69. The minimum Gasteiger partial charge on any atom is -0.299 e. The maximum absolute atomic E-state index is 12.0. The van der Waals surface area contributed by atoms with E-state index in [1.54, 1.807) is 11.3 Å². The number of fused-ring (bicyclic) bond motifs is 1. The molecule has 0 N–H and O–H groups in total. The molecule has 0 spiro atoms. The smallest absolute Gasteiger partial charge is 0.142 e. The lowest BCUT2D eigenvalue weighted by atomic mass is 9.92. The largest absolute Gasteiger partial charge is 0.299 e. The van der Waals surface area contributed by atoms with Crippen LogP contribution >= 0.6 is 11.3 Å². The van der Waals surface area contributed by atoms with Crippen LogP contribution in [0.15, 0.2) is 24.3 Å². The standard InChI is InChI=1S/C14H17NOS/c1-9(2)10(3)12(16)8-14-15-11-6-4-5-7-13(11)17-14/h4-7,9-10H,8H2,1-3H3. The third-order valence-electron chi connectivity index (χ3n) is 3.17. The number of carbonyl (C=O) groups excluding carboxylic acids is 1. The highest BCUT2D eigenvalue weighted by Gasteiger charge is 2.18. The Labute approximate surface area is 106 Å². The summed E-state index contributed by atoms with van der Waals surface area (Å²) >= 11 is 1.62. The number of Topliss-reactive ketones (excluding diaryl/α,β-unsaturated/α-hetero) is 1. The van der Waals surface area contributed by atoms with Gasteiger partial charge in [0, 0.05) is 5.92 Å². The molecule has 0 bridgehead atoms. The molecule has 2 aromatic rings. The van der Waals surface area contributed by atoms with Gasteiger partial charge in [-0.2, -0.15) is 0 Å². The molecule has 0 saturated carbocycles. The van der Waals surface area contributed by atoms with Crippen LogP contribution in [-0.4, -0.2) is 10.8 Å². The number of aromatic nitrogens is 1. The fourth-order valence-corrected chi connectivity index (χ4v) is 2.65. The monoisotopic (exact) mass is 247 g/mol. The van der Waals surface area contributed by atoms with Gasteiger partial charge in [-0.05, 0) is 18.1 Å². The molecular weight excluding hydrogens is 230 g/mol. The van der Waals surface area contributed by atoms with Crippen LogP contribution in [0.3, 0.4) is 0 Å². The number of benzene rings is 1. The Morgan fingerprint density at radius 1 is 1.29 bits per heavy atom. The molecule has 1 atom stereocenters. The van der Waals surface area contributed by atoms with E-state index in [1.807, 2.05) is 31.2 Å². The molecule has 3 heteroatoms. The first kappa shape index (κ1) is 12.2. The molecule has 0 saturated heterocycles. The molecule has 0 aliphatic rings. The summed E-state index contributed by atoms with van der Waals surface area (Å²) in [6, 6.07) is 8.02. The van der Waals surface area contributed by atoms with Gasteiger partial charge in [-0.25, -0.2) is 4.98 Å². The second-order valence-corrected chi connectivity index (χ2v) is 5.87. The van der Waals surface area contributed by atoms with Gasteiger partial charge < -0.3 is 0 Å². The fraction of sp³-hybridized carbons (Fsp3) is 0.429. The van der Waals surface area contributed by atoms with Crippen LogP contribution in [0.4, 0.5) is 0 Å². The molecule has 0 radical (unpaired) electrons. The van der Waals surface area contributed by atoms with E-state index in [4.69, 9.17) is 0 Å². The Morgan fingerprint density at radius 2 is 2.00 bits per heavy atom. The van der Waals surface area contributed by atoms with Gasteiger partial charge in [0.2, 0.25) is 0 Å². The van der Waals surface area contributed by atoms with Crippen LogP contribution in [-0.2, 0) is 11.2 Å². The van der Waals surface area contributed by atoms with Gasteiger partial charge in [-0.3, -0.25) is 4.79 Å². The van der Waals surface area contributed by atoms with E-state index in [-0.39, 0.29) is 5.92 Å². The van der Waals surface area contributed by atoms with Gasteiger partial charge in [0.15, 0.2) is 0 Å². The number of rotatable bonds is 4. The molecule has 2 nitrogen and oxygen atoms in total. The fourth-order valence-electron chi connectivity index (χ4n) is 1.68. The van der Waals surface area contributed by atoms with E-state index >= 15 is 0 Å². The molecule has 0 aliphatic heterocycles. The summed E-state index contributed by atoms with van der Waals surface area (Å²) in [6.07, 6.45) is 0.471. The average molecular weight is 247 g/mol. The number of carbonyl (C=O) groups is 1. The predicted molar refractivity (Wildman–Crippen MR) is 72.3 cm³/mol. The van der Waals surface area contributed by atoms with Gasteiger partial charge in [0.25, 0.3) is 0 Å². The molecular formula is C14H17NOS. The van der Waals surface area contributed by atoms with Crippen molar-refractivity contribution in [1.82, 2.24) is 4.98 Å². The summed E-state index contributed by atoms with van der Waals surface area (Å²) in [6.45, 7) is 6.17. The summed E-state index contributed by atoms with van der Waals surface area (Å²) in [5.74, 6) is 0.804. The number of hydrogen-bond donors (Lipinski definition) is 0. The van der Waals surface area contributed by atoms with Crippen molar-refractivity contribution in [2.24, 2.45) is 11.8 Å². The number of para-hydroxylation sites is 1. The predicted octanol–water partition coefficient (Wildman–Crippen LogP) is 3.70. The summed E-state index contributed by atoms with van der Waals surface area (Å²) in [5.41, 5.74) is 0.998. The maximum Gasteiger partial charge on any atom is 0.142 e. The molecule has 17 heavy (non-hydrogen) atoms. The summed E-state index contributed by atoms with van der Waals surface area (Å²) in [5, 5.41) is 0.934. The minimum absolute atomic E-state index is 0.113. The molecule has 2 rings (SSSR count). The van der Waals surface area contributed by atoms with Crippen LogP contribution in [0, 0.1) is 11.8 Å². The van der Waals surface area contributed by atoms with Gasteiger partial charge in [-0.1, -0.05) is 32.9 Å². The van der Waals surface area contributed by atoms with Crippen LogP contribution in [0.2, 0.25) is 0 Å². The third-order valence-corrected chi connectivity index (χ3v) is 4.21. The molecule has 1 heterocycles. The highest BCUT2D eigenvalue weighted by atomic mass is 32.1. The van der Waals surface area contributed by atoms with Crippen molar-refractivity contribution in [3.05, 3.63) is 29.3 Å². The Hall–Kier alpha value is -1.22.